The van der Waals surface area contributed by atoms with Gasteiger partial charge < -0.3 is 14.4 Å². The monoisotopic (exact) mass is 658 g/mol. The Hall–Kier alpha value is -3.76. The lowest BCUT2D eigenvalue weighted by molar-refractivity contribution is 0.0122. The molecule has 0 N–H and O–H groups in total. The fourth-order valence-electron chi connectivity index (χ4n) is 8.36. The van der Waals surface area contributed by atoms with E-state index in [1.165, 1.54) is 0 Å². The first-order valence-corrected chi connectivity index (χ1v) is 17.2. The van der Waals surface area contributed by atoms with Gasteiger partial charge in [0.2, 0.25) is 0 Å². The highest BCUT2D eigenvalue weighted by atomic mass is 35.5. The van der Waals surface area contributed by atoms with E-state index in [4.69, 9.17) is 31.0 Å². The number of amides is 1. The van der Waals surface area contributed by atoms with Gasteiger partial charge in [-0.05, 0) is 83.8 Å². The Kier molecular flexibility index (Phi) is 7.44. The molecule has 8 rings (SSSR count). The SMILES string of the molecule is CC(C)(C)OC(=O)N1[C@@H]2CC[C@H]1CN(c1nc(OCC34CCCN3CCC4)nc3c(F)c(-c4cccc5cccc(Cl)c45)ncc13)C2. The van der Waals surface area contributed by atoms with Crippen molar-refractivity contribution in [2.24, 2.45) is 0 Å². The molecule has 6 heterocycles. The van der Waals surface area contributed by atoms with Gasteiger partial charge in [0.1, 0.15) is 29.2 Å². The second-order valence-corrected chi connectivity index (χ2v) is 14.9. The van der Waals surface area contributed by atoms with Crippen molar-refractivity contribution in [3.8, 4) is 17.3 Å². The van der Waals surface area contributed by atoms with E-state index in [2.05, 4.69) is 14.8 Å². The second-order valence-electron chi connectivity index (χ2n) is 14.5. The van der Waals surface area contributed by atoms with E-state index in [1.807, 2.05) is 56.0 Å². The van der Waals surface area contributed by atoms with E-state index in [0.29, 0.717) is 41.5 Å². The molecule has 4 saturated heterocycles. The molecule has 0 saturated carbocycles. The van der Waals surface area contributed by atoms with Gasteiger partial charge in [0.15, 0.2) is 5.82 Å². The van der Waals surface area contributed by atoms with Gasteiger partial charge in [-0.25, -0.2) is 9.18 Å². The van der Waals surface area contributed by atoms with E-state index >= 15 is 4.39 Å². The van der Waals surface area contributed by atoms with Crippen molar-refractivity contribution >= 4 is 45.2 Å². The van der Waals surface area contributed by atoms with Crippen molar-refractivity contribution in [2.75, 3.05) is 37.7 Å². The summed E-state index contributed by atoms with van der Waals surface area (Å²) in [5.41, 5.74) is 0.348. The molecule has 47 heavy (non-hydrogen) atoms. The van der Waals surface area contributed by atoms with Crippen LogP contribution in [0.3, 0.4) is 0 Å². The van der Waals surface area contributed by atoms with Gasteiger partial charge in [-0.3, -0.25) is 14.8 Å². The summed E-state index contributed by atoms with van der Waals surface area (Å²) in [6.07, 6.45) is 7.56. The number of benzene rings is 2. The van der Waals surface area contributed by atoms with Crippen molar-refractivity contribution in [3.05, 3.63) is 53.4 Å². The molecule has 4 aliphatic heterocycles. The van der Waals surface area contributed by atoms with Crippen molar-refractivity contribution < 1.29 is 18.7 Å². The standard InChI is InChI=1S/C36H40ClFN6O3/c1-35(2,3)47-34(45)44-23-12-13-24(44)20-42(19-23)32-26-18-39-30(25-10-4-8-22-9-5-11-27(37)28(22)25)29(38)31(26)40-33(41-32)46-21-36-14-6-16-43(36)17-7-15-36/h4-5,8-11,18,23-24H,6-7,12-17,19-21H2,1-3H3/t23-,24+. The third-order valence-corrected chi connectivity index (χ3v) is 10.7. The van der Waals surface area contributed by atoms with Crippen LogP contribution in [-0.4, -0.2) is 86.9 Å². The van der Waals surface area contributed by atoms with E-state index in [-0.39, 0.29) is 40.9 Å². The highest BCUT2D eigenvalue weighted by molar-refractivity contribution is 6.36. The fourth-order valence-corrected chi connectivity index (χ4v) is 8.64. The third kappa shape index (κ3) is 5.33. The molecule has 246 valence electrons. The zero-order valence-electron chi connectivity index (χ0n) is 27.1. The van der Waals surface area contributed by atoms with Crippen LogP contribution in [0.4, 0.5) is 15.0 Å². The smallest absolute Gasteiger partial charge is 0.410 e. The molecule has 0 spiro atoms. The number of rotatable bonds is 5. The number of aromatic nitrogens is 3. The van der Waals surface area contributed by atoms with Gasteiger partial charge in [-0.2, -0.15) is 9.97 Å². The van der Waals surface area contributed by atoms with Crippen LogP contribution in [0, 0.1) is 5.82 Å². The van der Waals surface area contributed by atoms with Crippen molar-refractivity contribution in [1.82, 2.24) is 24.8 Å². The Morgan fingerprint density at radius 1 is 1.04 bits per heavy atom. The highest BCUT2D eigenvalue weighted by Gasteiger charge is 2.46. The molecule has 2 atom stereocenters. The Morgan fingerprint density at radius 2 is 1.74 bits per heavy atom. The van der Waals surface area contributed by atoms with Crippen LogP contribution in [0.1, 0.15) is 59.3 Å². The largest absolute Gasteiger partial charge is 0.461 e. The van der Waals surface area contributed by atoms with Crippen molar-refractivity contribution in [3.63, 3.8) is 0 Å². The summed E-state index contributed by atoms with van der Waals surface area (Å²) in [6.45, 7) is 9.36. The molecule has 4 aromatic rings. The molecule has 4 fully saturated rings. The van der Waals surface area contributed by atoms with E-state index in [0.717, 1.165) is 62.4 Å². The summed E-state index contributed by atoms with van der Waals surface area (Å²) >= 11 is 6.64. The fraction of sp³-hybridized carbons (Fsp3) is 0.500. The number of pyridine rings is 1. The van der Waals surface area contributed by atoms with Crippen LogP contribution >= 0.6 is 11.6 Å². The average molecular weight is 659 g/mol. The lowest BCUT2D eigenvalue weighted by Crippen LogP contribution is -2.57. The first-order valence-electron chi connectivity index (χ1n) is 16.8. The topological polar surface area (TPSA) is 83.9 Å². The molecular weight excluding hydrogens is 619 g/mol. The molecule has 9 nitrogen and oxygen atoms in total. The van der Waals surface area contributed by atoms with Crippen molar-refractivity contribution in [2.45, 2.75) is 82.5 Å². The number of anilines is 1. The molecule has 0 radical (unpaired) electrons. The lowest BCUT2D eigenvalue weighted by atomic mass is 9.95. The minimum Gasteiger partial charge on any atom is -0.461 e. The molecule has 0 unspecified atom stereocenters. The summed E-state index contributed by atoms with van der Waals surface area (Å²) in [6, 6.07) is 11.4. The zero-order valence-corrected chi connectivity index (χ0v) is 27.9. The van der Waals surface area contributed by atoms with Crippen LogP contribution in [-0.2, 0) is 4.74 Å². The molecular formula is C36H40ClFN6O3. The molecule has 1 amide bonds. The van der Waals surface area contributed by atoms with Gasteiger partial charge in [0.25, 0.3) is 0 Å². The summed E-state index contributed by atoms with van der Waals surface area (Å²) < 4.78 is 29.0. The average Bonchev–Trinajstić information content (AvgIpc) is 3.70. The first-order chi connectivity index (χ1) is 22.6. The van der Waals surface area contributed by atoms with Crippen LogP contribution < -0.4 is 9.64 Å². The molecule has 2 aromatic carbocycles. The maximum Gasteiger partial charge on any atom is 0.410 e. The third-order valence-electron chi connectivity index (χ3n) is 10.4. The number of hydrogen-bond acceptors (Lipinski definition) is 8. The number of fused-ring (bicyclic) bond motifs is 5. The summed E-state index contributed by atoms with van der Waals surface area (Å²) in [5.74, 6) is 0.0344. The number of nitrogens with zero attached hydrogens (tertiary/aromatic N) is 6. The van der Waals surface area contributed by atoms with Gasteiger partial charge in [-0.1, -0.05) is 41.9 Å². The van der Waals surface area contributed by atoms with Crippen molar-refractivity contribution in [1.29, 1.82) is 0 Å². The number of halogens is 2. The molecule has 2 bridgehead atoms. The van der Waals surface area contributed by atoms with Gasteiger partial charge >= 0.3 is 12.1 Å². The summed E-state index contributed by atoms with van der Waals surface area (Å²) in [7, 11) is 0. The molecule has 4 aliphatic rings. The molecule has 11 heteroatoms. The number of carbonyl (C=O) groups excluding carboxylic acids is 1. The molecule has 0 aliphatic carbocycles. The number of hydrogen-bond donors (Lipinski definition) is 0. The minimum atomic E-state index is -0.578. The normalized spacial score (nSPS) is 22.3. The van der Waals surface area contributed by atoms with Crippen LogP contribution in [0.25, 0.3) is 32.9 Å². The number of carbonyl (C=O) groups is 1. The first kappa shape index (κ1) is 30.6. The summed E-state index contributed by atoms with van der Waals surface area (Å²) in [4.78, 5) is 34.1. The predicted octanol–water partition coefficient (Wildman–Crippen LogP) is 7.23. The van der Waals surface area contributed by atoms with Crippen LogP contribution in [0.15, 0.2) is 42.6 Å². The predicted molar refractivity (Wildman–Crippen MR) is 181 cm³/mol. The number of ether oxygens (including phenoxy) is 2. The maximum absolute atomic E-state index is 16.8. The second kappa shape index (κ2) is 11.4. The Labute approximate surface area is 279 Å². The highest BCUT2D eigenvalue weighted by Crippen LogP contribution is 2.41. The number of piperazine rings is 1. The van der Waals surface area contributed by atoms with E-state index in [1.54, 1.807) is 12.3 Å². The summed E-state index contributed by atoms with van der Waals surface area (Å²) in [5, 5.41) is 2.68. The maximum atomic E-state index is 16.8. The zero-order chi connectivity index (χ0) is 32.5. The van der Waals surface area contributed by atoms with E-state index < -0.39 is 11.4 Å². The Bertz CT molecular complexity index is 1850. The lowest BCUT2D eigenvalue weighted by Gasteiger charge is -2.42. The van der Waals surface area contributed by atoms with Crippen LogP contribution in [0.2, 0.25) is 5.02 Å². The van der Waals surface area contributed by atoms with Gasteiger partial charge in [-0.15, -0.1) is 0 Å². The van der Waals surface area contributed by atoms with E-state index in [9.17, 15) is 4.79 Å². The van der Waals surface area contributed by atoms with Gasteiger partial charge in [0, 0.05) is 35.3 Å². The quantitative estimate of drug-likeness (QED) is 0.222. The van der Waals surface area contributed by atoms with Crippen LogP contribution in [0.5, 0.6) is 6.01 Å². The Balaban J connectivity index is 1.20. The van der Waals surface area contributed by atoms with Gasteiger partial charge in [0.05, 0.1) is 23.0 Å². The minimum absolute atomic E-state index is 0.0156. The molecule has 2 aromatic heterocycles. The Morgan fingerprint density at radius 3 is 2.45 bits per heavy atom.